The van der Waals surface area contributed by atoms with Crippen molar-refractivity contribution in [2.75, 3.05) is 35.7 Å². The van der Waals surface area contributed by atoms with Gasteiger partial charge in [-0.2, -0.15) is 16.7 Å². The zero-order valence-electron chi connectivity index (χ0n) is 11.7. The molecule has 4 nitrogen and oxygen atoms in total. The molecule has 1 heterocycles. The molecule has 6 heteroatoms. The van der Waals surface area contributed by atoms with E-state index in [9.17, 15) is 0 Å². The number of hydrogen-bond acceptors (Lipinski definition) is 5. The van der Waals surface area contributed by atoms with Crippen LogP contribution in [0.25, 0.3) is 0 Å². The number of hydrogen-bond donors (Lipinski definition) is 2. The highest BCUT2D eigenvalue weighted by Gasteiger charge is 2.03. The van der Waals surface area contributed by atoms with Gasteiger partial charge >= 0.3 is 0 Å². The average molecular weight is 347 g/mol. The van der Waals surface area contributed by atoms with E-state index < -0.39 is 0 Å². The number of nitrogens with one attached hydrogen (secondary N) is 2. The lowest BCUT2D eigenvalue weighted by Crippen LogP contribution is -2.09. The van der Waals surface area contributed by atoms with Crippen LogP contribution in [0.3, 0.4) is 0 Å². The van der Waals surface area contributed by atoms with Gasteiger partial charge in [0.2, 0.25) is 5.95 Å². The zero-order valence-corrected chi connectivity index (χ0v) is 14.1. The summed E-state index contributed by atoms with van der Waals surface area (Å²) in [6.07, 6.45) is 8.74. The first-order valence-corrected chi connectivity index (χ1v) is 8.95. The standard InChI is InChI=1S/C13H23BrN4S/c1-3-7-16-13-17-10-11(14)12(18-13)15-8-5-4-6-9-19-2/h10H,3-9H2,1-2H3,(H2,15,16,17,18). The van der Waals surface area contributed by atoms with Crippen molar-refractivity contribution >= 4 is 39.5 Å². The van der Waals surface area contributed by atoms with E-state index in [1.54, 1.807) is 6.20 Å². The second-order valence-corrected chi connectivity index (χ2v) is 6.14. The van der Waals surface area contributed by atoms with E-state index in [1.807, 2.05) is 11.8 Å². The first-order chi connectivity index (χ1) is 9.27. The first-order valence-electron chi connectivity index (χ1n) is 6.77. The molecule has 0 aliphatic heterocycles. The van der Waals surface area contributed by atoms with Crippen molar-refractivity contribution in [1.82, 2.24) is 9.97 Å². The molecule has 0 amide bonds. The van der Waals surface area contributed by atoms with Crippen molar-refractivity contribution in [3.05, 3.63) is 10.7 Å². The molecular weight excluding hydrogens is 324 g/mol. The number of halogens is 1. The molecule has 0 radical (unpaired) electrons. The van der Waals surface area contributed by atoms with E-state index in [2.05, 4.69) is 49.7 Å². The third-order valence-electron chi connectivity index (χ3n) is 2.59. The Kier molecular flexibility index (Phi) is 8.99. The maximum Gasteiger partial charge on any atom is 0.224 e. The second-order valence-electron chi connectivity index (χ2n) is 4.30. The quantitative estimate of drug-likeness (QED) is 0.627. The third kappa shape index (κ3) is 7.01. The van der Waals surface area contributed by atoms with Crippen LogP contribution in [0, 0.1) is 0 Å². The van der Waals surface area contributed by atoms with E-state index in [0.717, 1.165) is 29.8 Å². The fraction of sp³-hybridized carbons (Fsp3) is 0.692. The van der Waals surface area contributed by atoms with E-state index >= 15 is 0 Å². The predicted molar refractivity (Wildman–Crippen MR) is 89.2 cm³/mol. The molecule has 0 fully saturated rings. The molecule has 0 atom stereocenters. The summed E-state index contributed by atoms with van der Waals surface area (Å²) in [6.45, 7) is 3.98. The van der Waals surface area contributed by atoms with Gasteiger partial charge in [0.15, 0.2) is 0 Å². The van der Waals surface area contributed by atoms with Gasteiger partial charge in [0.1, 0.15) is 5.82 Å². The molecule has 1 aromatic rings. The highest BCUT2D eigenvalue weighted by molar-refractivity contribution is 9.10. The molecule has 0 bridgehead atoms. The van der Waals surface area contributed by atoms with E-state index in [0.29, 0.717) is 5.95 Å². The number of aromatic nitrogens is 2. The van der Waals surface area contributed by atoms with Crippen molar-refractivity contribution in [3.8, 4) is 0 Å². The summed E-state index contributed by atoms with van der Waals surface area (Å²) in [5.74, 6) is 2.82. The Morgan fingerprint density at radius 2 is 2.05 bits per heavy atom. The largest absolute Gasteiger partial charge is 0.369 e. The van der Waals surface area contributed by atoms with Crippen LogP contribution in [0.5, 0.6) is 0 Å². The van der Waals surface area contributed by atoms with Crippen LogP contribution in [0.15, 0.2) is 10.7 Å². The van der Waals surface area contributed by atoms with Crippen LogP contribution >= 0.6 is 27.7 Å². The van der Waals surface area contributed by atoms with E-state index in [4.69, 9.17) is 0 Å². The maximum absolute atomic E-state index is 4.46. The van der Waals surface area contributed by atoms with Crippen LogP contribution in [-0.4, -0.2) is 35.1 Å². The van der Waals surface area contributed by atoms with Gasteiger partial charge in [0.05, 0.1) is 4.47 Å². The number of nitrogens with zero attached hydrogens (tertiary/aromatic N) is 2. The Morgan fingerprint density at radius 1 is 1.21 bits per heavy atom. The van der Waals surface area contributed by atoms with Crippen molar-refractivity contribution in [1.29, 1.82) is 0 Å². The van der Waals surface area contributed by atoms with Gasteiger partial charge in [-0.25, -0.2) is 4.98 Å². The molecule has 0 aliphatic rings. The van der Waals surface area contributed by atoms with Gasteiger partial charge in [-0.1, -0.05) is 13.3 Å². The molecule has 0 saturated heterocycles. The van der Waals surface area contributed by atoms with Gasteiger partial charge in [0, 0.05) is 19.3 Å². The molecule has 1 aromatic heterocycles. The summed E-state index contributed by atoms with van der Waals surface area (Å²) in [4.78, 5) is 8.69. The second kappa shape index (κ2) is 10.3. The molecule has 19 heavy (non-hydrogen) atoms. The van der Waals surface area contributed by atoms with Crippen LogP contribution in [0.1, 0.15) is 32.6 Å². The van der Waals surface area contributed by atoms with Gasteiger partial charge < -0.3 is 10.6 Å². The molecule has 0 unspecified atom stereocenters. The minimum absolute atomic E-state index is 0.690. The van der Waals surface area contributed by atoms with Crippen molar-refractivity contribution in [2.24, 2.45) is 0 Å². The third-order valence-corrected chi connectivity index (χ3v) is 3.87. The van der Waals surface area contributed by atoms with Crippen LogP contribution in [-0.2, 0) is 0 Å². The highest BCUT2D eigenvalue weighted by Crippen LogP contribution is 2.20. The summed E-state index contributed by atoms with van der Waals surface area (Å²) < 4.78 is 0.915. The predicted octanol–water partition coefficient (Wildman–Crippen LogP) is 4.01. The topological polar surface area (TPSA) is 49.8 Å². The molecule has 0 aromatic carbocycles. The highest BCUT2D eigenvalue weighted by atomic mass is 79.9. The van der Waals surface area contributed by atoms with Gasteiger partial charge in [0.25, 0.3) is 0 Å². The summed E-state index contributed by atoms with van der Waals surface area (Å²) in [7, 11) is 0. The first kappa shape index (κ1) is 16.6. The van der Waals surface area contributed by atoms with E-state index in [-0.39, 0.29) is 0 Å². The Balaban J connectivity index is 2.34. The minimum Gasteiger partial charge on any atom is -0.369 e. The van der Waals surface area contributed by atoms with Crippen LogP contribution in [0.2, 0.25) is 0 Å². The fourth-order valence-corrected chi connectivity index (χ4v) is 2.39. The summed E-state index contributed by atoms with van der Waals surface area (Å²) >= 11 is 5.39. The Bertz CT molecular complexity index is 362. The Labute approximate surface area is 128 Å². The van der Waals surface area contributed by atoms with E-state index in [1.165, 1.54) is 25.0 Å². The van der Waals surface area contributed by atoms with Gasteiger partial charge in [-0.05, 0) is 47.2 Å². The average Bonchev–Trinajstić information content (AvgIpc) is 2.43. The van der Waals surface area contributed by atoms with Gasteiger partial charge in [-0.15, -0.1) is 0 Å². The lowest BCUT2D eigenvalue weighted by molar-refractivity contribution is 0.747. The molecule has 0 aliphatic carbocycles. The molecule has 108 valence electrons. The normalized spacial score (nSPS) is 10.5. The summed E-state index contributed by atoms with van der Waals surface area (Å²) in [5.41, 5.74) is 0. The lowest BCUT2D eigenvalue weighted by atomic mass is 10.2. The van der Waals surface area contributed by atoms with Gasteiger partial charge in [-0.3, -0.25) is 0 Å². The number of rotatable bonds is 10. The number of unbranched alkanes of at least 4 members (excludes halogenated alkanes) is 2. The number of thioether (sulfide) groups is 1. The molecule has 2 N–H and O–H groups in total. The smallest absolute Gasteiger partial charge is 0.224 e. The summed E-state index contributed by atoms with van der Waals surface area (Å²) in [6, 6.07) is 0. The van der Waals surface area contributed by atoms with Crippen molar-refractivity contribution in [3.63, 3.8) is 0 Å². The maximum atomic E-state index is 4.46. The lowest BCUT2D eigenvalue weighted by Gasteiger charge is -2.09. The monoisotopic (exact) mass is 346 g/mol. The summed E-state index contributed by atoms with van der Waals surface area (Å²) in [5, 5.41) is 6.56. The zero-order chi connectivity index (χ0) is 13.9. The Morgan fingerprint density at radius 3 is 2.79 bits per heavy atom. The molecular formula is C13H23BrN4S. The fourth-order valence-electron chi connectivity index (χ4n) is 1.57. The minimum atomic E-state index is 0.690. The van der Waals surface area contributed by atoms with Crippen molar-refractivity contribution in [2.45, 2.75) is 32.6 Å². The molecule has 1 rings (SSSR count). The molecule has 0 saturated carbocycles. The number of anilines is 2. The van der Waals surface area contributed by atoms with Crippen LogP contribution < -0.4 is 10.6 Å². The van der Waals surface area contributed by atoms with Crippen LogP contribution in [0.4, 0.5) is 11.8 Å². The molecule has 0 spiro atoms. The SMILES string of the molecule is CCCNc1ncc(Br)c(NCCCCCSC)n1. The van der Waals surface area contributed by atoms with Crippen molar-refractivity contribution < 1.29 is 0 Å². The Hall–Kier alpha value is -0.490.